The minimum absolute atomic E-state index is 0.253. The van der Waals surface area contributed by atoms with Crippen molar-refractivity contribution in [3.63, 3.8) is 0 Å². The molecule has 2 nitrogen and oxygen atoms in total. The van der Waals surface area contributed by atoms with Crippen LogP contribution in [0.4, 0.5) is 4.39 Å². The predicted octanol–water partition coefficient (Wildman–Crippen LogP) is 4.78. The number of ether oxygens (including phenoxy) is 1. The fraction of sp³-hybridized carbons (Fsp3) is 0.105. The van der Waals surface area contributed by atoms with E-state index >= 15 is 0 Å². The number of rotatable bonds is 4. The van der Waals surface area contributed by atoms with Gasteiger partial charge in [0, 0.05) is 17.8 Å². The standard InChI is InChI=1S/C19H16FNO/c1-14-7-8-17(12-18(14)20)22-13-15-9-10-21-19(11-15)16-5-3-2-4-6-16/h2-12H,13H2,1H3. The van der Waals surface area contributed by atoms with Crippen LogP contribution >= 0.6 is 0 Å². The maximum Gasteiger partial charge on any atom is 0.129 e. The Morgan fingerprint density at radius 3 is 2.59 bits per heavy atom. The highest BCUT2D eigenvalue weighted by atomic mass is 19.1. The average Bonchev–Trinajstić information content (AvgIpc) is 2.57. The number of aryl methyl sites for hydroxylation is 1. The topological polar surface area (TPSA) is 22.1 Å². The molecule has 1 heterocycles. The highest BCUT2D eigenvalue weighted by Crippen LogP contribution is 2.20. The van der Waals surface area contributed by atoms with Gasteiger partial charge in [-0.25, -0.2) is 4.39 Å². The van der Waals surface area contributed by atoms with E-state index in [2.05, 4.69) is 4.98 Å². The van der Waals surface area contributed by atoms with Gasteiger partial charge in [0.1, 0.15) is 18.2 Å². The Labute approximate surface area is 129 Å². The van der Waals surface area contributed by atoms with Crippen LogP contribution < -0.4 is 4.74 Å². The van der Waals surface area contributed by atoms with E-state index in [9.17, 15) is 4.39 Å². The zero-order chi connectivity index (χ0) is 15.4. The van der Waals surface area contributed by atoms with E-state index in [1.165, 1.54) is 6.07 Å². The molecule has 2 aromatic carbocycles. The predicted molar refractivity (Wildman–Crippen MR) is 85.1 cm³/mol. The lowest BCUT2D eigenvalue weighted by molar-refractivity contribution is 0.304. The molecule has 0 unspecified atom stereocenters. The molecule has 22 heavy (non-hydrogen) atoms. The van der Waals surface area contributed by atoms with Crippen molar-refractivity contribution in [3.8, 4) is 17.0 Å². The molecule has 0 N–H and O–H groups in total. The summed E-state index contributed by atoms with van der Waals surface area (Å²) in [4.78, 5) is 4.37. The molecule has 0 saturated carbocycles. The Hall–Kier alpha value is -2.68. The largest absolute Gasteiger partial charge is 0.489 e. The molecule has 0 aliphatic heterocycles. The zero-order valence-electron chi connectivity index (χ0n) is 12.3. The molecule has 0 fully saturated rings. The minimum Gasteiger partial charge on any atom is -0.489 e. The van der Waals surface area contributed by atoms with Gasteiger partial charge in [-0.1, -0.05) is 36.4 Å². The van der Waals surface area contributed by atoms with Gasteiger partial charge in [0.2, 0.25) is 0 Å². The number of hydrogen-bond donors (Lipinski definition) is 0. The van der Waals surface area contributed by atoms with Crippen molar-refractivity contribution < 1.29 is 9.13 Å². The molecule has 1 aromatic heterocycles. The molecule has 3 heteroatoms. The van der Waals surface area contributed by atoms with Crippen molar-refractivity contribution in [1.29, 1.82) is 0 Å². The van der Waals surface area contributed by atoms with E-state index in [1.807, 2.05) is 42.5 Å². The Morgan fingerprint density at radius 2 is 1.82 bits per heavy atom. The van der Waals surface area contributed by atoms with E-state index in [4.69, 9.17) is 4.74 Å². The molecule has 110 valence electrons. The number of pyridine rings is 1. The smallest absolute Gasteiger partial charge is 0.129 e. The summed E-state index contributed by atoms with van der Waals surface area (Å²) in [6.07, 6.45) is 1.76. The van der Waals surface area contributed by atoms with Crippen LogP contribution in [0, 0.1) is 12.7 Å². The summed E-state index contributed by atoms with van der Waals surface area (Å²) in [5.74, 6) is 0.276. The third-order valence-corrected chi connectivity index (χ3v) is 3.44. The monoisotopic (exact) mass is 293 g/mol. The summed E-state index contributed by atoms with van der Waals surface area (Å²) in [7, 11) is 0. The van der Waals surface area contributed by atoms with E-state index in [-0.39, 0.29) is 5.82 Å². The van der Waals surface area contributed by atoms with E-state index in [0.29, 0.717) is 17.9 Å². The van der Waals surface area contributed by atoms with Gasteiger partial charge in [-0.3, -0.25) is 4.98 Å². The molecule has 3 rings (SSSR count). The third kappa shape index (κ3) is 3.31. The van der Waals surface area contributed by atoms with Crippen LogP contribution in [0.25, 0.3) is 11.3 Å². The first-order chi connectivity index (χ1) is 10.7. The summed E-state index contributed by atoms with van der Waals surface area (Å²) >= 11 is 0. The molecule has 0 aliphatic carbocycles. The van der Waals surface area contributed by atoms with Crippen LogP contribution in [0.2, 0.25) is 0 Å². The maximum absolute atomic E-state index is 13.5. The SMILES string of the molecule is Cc1ccc(OCc2ccnc(-c3ccccc3)c2)cc1F. The number of benzene rings is 2. The number of nitrogens with zero attached hydrogens (tertiary/aromatic N) is 1. The van der Waals surface area contributed by atoms with Crippen LogP contribution in [-0.4, -0.2) is 4.98 Å². The molecule has 0 atom stereocenters. The van der Waals surface area contributed by atoms with Gasteiger partial charge in [0.05, 0.1) is 5.69 Å². The van der Waals surface area contributed by atoms with Gasteiger partial charge < -0.3 is 4.74 Å². The molecule has 0 amide bonds. The van der Waals surface area contributed by atoms with Crippen molar-refractivity contribution in [2.24, 2.45) is 0 Å². The summed E-state index contributed by atoms with van der Waals surface area (Å²) in [5.41, 5.74) is 3.57. The van der Waals surface area contributed by atoms with E-state index in [0.717, 1.165) is 16.8 Å². The first-order valence-corrected chi connectivity index (χ1v) is 7.12. The fourth-order valence-corrected chi connectivity index (χ4v) is 2.16. The number of aromatic nitrogens is 1. The number of halogens is 1. The van der Waals surface area contributed by atoms with Crippen molar-refractivity contribution in [2.75, 3.05) is 0 Å². The second-order valence-electron chi connectivity index (χ2n) is 5.12. The van der Waals surface area contributed by atoms with Gasteiger partial charge >= 0.3 is 0 Å². The van der Waals surface area contributed by atoms with Gasteiger partial charge in [-0.15, -0.1) is 0 Å². The van der Waals surface area contributed by atoms with Crippen molar-refractivity contribution in [2.45, 2.75) is 13.5 Å². The summed E-state index contributed by atoms with van der Waals surface area (Å²) in [5, 5.41) is 0. The summed E-state index contributed by atoms with van der Waals surface area (Å²) < 4.78 is 19.2. The molecule has 0 aliphatic rings. The quantitative estimate of drug-likeness (QED) is 0.691. The van der Waals surface area contributed by atoms with Crippen molar-refractivity contribution in [1.82, 2.24) is 4.98 Å². The molecule has 0 radical (unpaired) electrons. The first-order valence-electron chi connectivity index (χ1n) is 7.12. The van der Waals surface area contributed by atoms with Crippen LogP contribution in [0.5, 0.6) is 5.75 Å². The Kier molecular flexibility index (Phi) is 4.15. The summed E-state index contributed by atoms with van der Waals surface area (Å²) in [6.45, 7) is 2.11. The van der Waals surface area contributed by atoms with E-state index in [1.54, 1.807) is 25.3 Å². The maximum atomic E-state index is 13.5. The Balaban J connectivity index is 1.74. The molecular weight excluding hydrogens is 277 g/mol. The van der Waals surface area contributed by atoms with Gasteiger partial charge in [-0.2, -0.15) is 0 Å². The number of hydrogen-bond acceptors (Lipinski definition) is 2. The summed E-state index contributed by atoms with van der Waals surface area (Å²) in [6, 6.07) is 18.8. The third-order valence-electron chi connectivity index (χ3n) is 3.44. The molecule has 0 bridgehead atoms. The minimum atomic E-state index is -0.253. The Morgan fingerprint density at radius 1 is 1.00 bits per heavy atom. The highest BCUT2D eigenvalue weighted by Gasteiger charge is 2.03. The average molecular weight is 293 g/mol. The molecule has 0 spiro atoms. The lowest BCUT2D eigenvalue weighted by Gasteiger charge is -2.08. The Bertz CT molecular complexity index is 771. The van der Waals surface area contributed by atoms with Crippen molar-refractivity contribution >= 4 is 0 Å². The normalized spacial score (nSPS) is 10.5. The van der Waals surface area contributed by atoms with Gasteiger partial charge in [0.25, 0.3) is 0 Å². The molecule has 3 aromatic rings. The molecular formula is C19H16FNO. The zero-order valence-corrected chi connectivity index (χ0v) is 12.3. The van der Waals surface area contributed by atoms with Gasteiger partial charge in [0.15, 0.2) is 0 Å². The highest BCUT2D eigenvalue weighted by molar-refractivity contribution is 5.59. The van der Waals surface area contributed by atoms with Crippen LogP contribution in [0.1, 0.15) is 11.1 Å². The lowest BCUT2D eigenvalue weighted by Crippen LogP contribution is -1.97. The second kappa shape index (κ2) is 6.39. The van der Waals surface area contributed by atoms with E-state index < -0.39 is 0 Å². The second-order valence-corrected chi connectivity index (χ2v) is 5.12. The van der Waals surface area contributed by atoms with Crippen LogP contribution in [0.15, 0.2) is 66.9 Å². The van der Waals surface area contributed by atoms with Gasteiger partial charge in [-0.05, 0) is 36.2 Å². The van der Waals surface area contributed by atoms with Crippen LogP contribution in [-0.2, 0) is 6.61 Å². The van der Waals surface area contributed by atoms with Crippen LogP contribution in [0.3, 0.4) is 0 Å². The van der Waals surface area contributed by atoms with Crippen molar-refractivity contribution in [3.05, 3.63) is 83.8 Å². The molecule has 0 saturated heterocycles. The fourth-order valence-electron chi connectivity index (χ4n) is 2.16. The first kappa shape index (κ1) is 14.3. The lowest BCUT2D eigenvalue weighted by atomic mass is 10.1.